The highest BCUT2D eigenvalue weighted by molar-refractivity contribution is 4.99. The summed E-state index contributed by atoms with van der Waals surface area (Å²) in [5, 5.41) is 3.51. The van der Waals surface area contributed by atoms with E-state index in [1.807, 2.05) is 13.8 Å². The molecule has 1 fully saturated rings. The molecule has 1 atom stereocenters. The molecule has 0 radical (unpaired) electrons. The van der Waals surface area contributed by atoms with Crippen molar-refractivity contribution in [1.29, 1.82) is 0 Å². The normalized spacial score (nSPS) is 26.5. The van der Waals surface area contributed by atoms with E-state index in [1.165, 1.54) is 19.4 Å². The smallest absolute Gasteiger partial charge is 0.0214 e. The van der Waals surface area contributed by atoms with E-state index in [-0.39, 0.29) is 0 Å². The molecule has 1 N–H and O–H groups in total. The van der Waals surface area contributed by atoms with E-state index in [9.17, 15) is 0 Å². The van der Waals surface area contributed by atoms with Gasteiger partial charge in [-0.2, -0.15) is 0 Å². The lowest BCUT2D eigenvalue weighted by Crippen LogP contribution is -2.63. The predicted molar refractivity (Wildman–Crippen MR) is 51.8 cm³/mol. The van der Waals surface area contributed by atoms with Crippen LogP contribution in [0, 0.1) is 5.92 Å². The fraction of sp³-hybridized carbons (Fsp3) is 1.00. The number of rotatable bonds is 2. The summed E-state index contributed by atoms with van der Waals surface area (Å²) in [6, 6.07) is 0. The third-order valence-corrected chi connectivity index (χ3v) is 2.97. The SMILES string of the molecule is CC.CCC1(CC)NCC1C. The average Bonchev–Trinajstić information content (AvgIpc) is 2.08. The Morgan fingerprint density at radius 1 is 1.27 bits per heavy atom. The minimum absolute atomic E-state index is 0.514. The van der Waals surface area contributed by atoms with Crippen LogP contribution in [-0.4, -0.2) is 12.1 Å². The lowest BCUT2D eigenvalue weighted by atomic mass is 9.74. The van der Waals surface area contributed by atoms with Crippen LogP contribution >= 0.6 is 0 Å². The van der Waals surface area contributed by atoms with Crippen LogP contribution in [0.25, 0.3) is 0 Å². The Balaban J connectivity index is 0.000000461. The van der Waals surface area contributed by atoms with E-state index in [4.69, 9.17) is 0 Å². The van der Waals surface area contributed by atoms with Crippen LogP contribution in [0.2, 0.25) is 0 Å². The van der Waals surface area contributed by atoms with Crippen molar-refractivity contribution in [3.8, 4) is 0 Å². The summed E-state index contributed by atoms with van der Waals surface area (Å²) < 4.78 is 0. The highest BCUT2D eigenvalue weighted by Crippen LogP contribution is 2.31. The molecule has 1 aliphatic heterocycles. The Morgan fingerprint density at radius 3 is 1.73 bits per heavy atom. The van der Waals surface area contributed by atoms with Crippen molar-refractivity contribution in [2.45, 2.75) is 53.0 Å². The zero-order valence-electron chi connectivity index (χ0n) is 8.70. The van der Waals surface area contributed by atoms with Gasteiger partial charge in [0.2, 0.25) is 0 Å². The first-order chi connectivity index (χ1) is 5.25. The molecule has 0 aromatic heterocycles. The Bertz CT molecular complexity index is 89.5. The molecule has 1 rings (SSSR count). The average molecular weight is 157 g/mol. The first kappa shape index (κ1) is 11.0. The number of hydrogen-bond acceptors (Lipinski definition) is 1. The zero-order valence-corrected chi connectivity index (χ0v) is 8.70. The van der Waals surface area contributed by atoms with Crippen molar-refractivity contribution in [2.24, 2.45) is 5.92 Å². The number of nitrogens with one attached hydrogen (secondary N) is 1. The van der Waals surface area contributed by atoms with Gasteiger partial charge in [-0.15, -0.1) is 0 Å². The third kappa shape index (κ3) is 1.96. The molecule has 1 heterocycles. The van der Waals surface area contributed by atoms with Crippen molar-refractivity contribution in [3.05, 3.63) is 0 Å². The molecule has 0 bridgehead atoms. The van der Waals surface area contributed by atoms with Gasteiger partial charge in [-0.05, 0) is 25.3 Å². The summed E-state index contributed by atoms with van der Waals surface area (Å²) in [7, 11) is 0. The lowest BCUT2D eigenvalue weighted by Gasteiger charge is -2.48. The van der Waals surface area contributed by atoms with Gasteiger partial charge < -0.3 is 5.32 Å². The molecule has 0 saturated carbocycles. The maximum atomic E-state index is 3.51. The molecule has 11 heavy (non-hydrogen) atoms. The second kappa shape index (κ2) is 4.76. The minimum atomic E-state index is 0.514. The summed E-state index contributed by atoms with van der Waals surface area (Å²) in [5.41, 5.74) is 0.514. The maximum Gasteiger partial charge on any atom is 0.0214 e. The van der Waals surface area contributed by atoms with Crippen LogP contribution in [0.15, 0.2) is 0 Å². The Hall–Kier alpha value is -0.0400. The standard InChI is InChI=1S/C8H17N.C2H6/c1-4-8(5-2)7(3)6-9-8;1-2/h7,9H,4-6H2,1-3H3;1-2H3. The van der Waals surface area contributed by atoms with Crippen molar-refractivity contribution in [2.75, 3.05) is 6.54 Å². The molecule has 1 heteroatoms. The largest absolute Gasteiger partial charge is 0.311 e. The first-order valence-corrected chi connectivity index (χ1v) is 5.00. The van der Waals surface area contributed by atoms with Crippen LogP contribution in [0.4, 0.5) is 0 Å². The van der Waals surface area contributed by atoms with Gasteiger partial charge in [0.05, 0.1) is 0 Å². The monoisotopic (exact) mass is 157 g/mol. The van der Waals surface area contributed by atoms with E-state index >= 15 is 0 Å². The van der Waals surface area contributed by atoms with Crippen LogP contribution in [0.1, 0.15) is 47.5 Å². The lowest BCUT2D eigenvalue weighted by molar-refractivity contribution is 0.104. The zero-order chi connectivity index (χ0) is 8.91. The molecule has 1 aliphatic rings. The predicted octanol–water partition coefficient (Wildman–Crippen LogP) is 2.81. The summed E-state index contributed by atoms with van der Waals surface area (Å²) in [6.07, 6.45) is 2.56. The molecule has 0 amide bonds. The van der Waals surface area contributed by atoms with Crippen molar-refractivity contribution >= 4 is 0 Å². The fourth-order valence-electron chi connectivity index (χ4n) is 1.79. The molecule has 0 aromatic carbocycles. The fourth-order valence-corrected chi connectivity index (χ4v) is 1.79. The van der Waals surface area contributed by atoms with Crippen LogP contribution < -0.4 is 5.32 Å². The molecule has 0 aromatic rings. The van der Waals surface area contributed by atoms with Crippen LogP contribution in [0.3, 0.4) is 0 Å². The number of hydrogen-bond donors (Lipinski definition) is 1. The molecular formula is C10H23N. The molecular weight excluding hydrogens is 134 g/mol. The maximum absolute atomic E-state index is 3.51. The molecule has 1 saturated heterocycles. The summed E-state index contributed by atoms with van der Waals surface area (Å²) >= 11 is 0. The van der Waals surface area contributed by atoms with Gasteiger partial charge in [0.15, 0.2) is 0 Å². The van der Waals surface area contributed by atoms with Gasteiger partial charge in [-0.1, -0.05) is 34.6 Å². The Kier molecular flexibility index (Phi) is 4.74. The summed E-state index contributed by atoms with van der Waals surface area (Å²) in [6.45, 7) is 12.1. The minimum Gasteiger partial charge on any atom is -0.311 e. The van der Waals surface area contributed by atoms with Crippen LogP contribution in [0.5, 0.6) is 0 Å². The van der Waals surface area contributed by atoms with E-state index < -0.39 is 0 Å². The molecule has 68 valence electrons. The van der Waals surface area contributed by atoms with Crippen LogP contribution in [-0.2, 0) is 0 Å². The highest BCUT2D eigenvalue weighted by Gasteiger charge is 2.39. The molecule has 0 aliphatic carbocycles. The summed E-state index contributed by atoms with van der Waals surface area (Å²) in [5.74, 6) is 0.896. The highest BCUT2D eigenvalue weighted by atomic mass is 15.1. The third-order valence-electron chi connectivity index (χ3n) is 2.97. The molecule has 1 nitrogen and oxygen atoms in total. The molecule has 1 unspecified atom stereocenters. The van der Waals surface area contributed by atoms with E-state index in [1.54, 1.807) is 0 Å². The van der Waals surface area contributed by atoms with Gasteiger partial charge in [-0.25, -0.2) is 0 Å². The second-order valence-electron chi connectivity index (χ2n) is 3.15. The van der Waals surface area contributed by atoms with Gasteiger partial charge in [0.1, 0.15) is 0 Å². The van der Waals surface area contributed by atoms with E-state index in [0.29, 0.717) is 5.54 Å². The molecule has 0 spiro atoms. The Labute approximate surface area is 71.6 Å². The topological polar surface area (TPSA) is 12.0 Å². The first-order valence-electron chi connectivity index (χ1n) is 5.00. The van der Waals surface area contributed by atoms with Gasteiger partial charge in [0.25, 0.3) is 0 Å². The van der Waals surface area contributed by atoms with E-state index in [2.05, 4.69) is 26.1 Å². The van der Waals surface area contributed by atoms with Crippen molar-refractivity contribution in [3.63, 3.8) is 0 Å². The van der Waals surface area contributed by atoms with E-state index in [0.717, 1.165) is 5.92 Å². The summed E-state index contributed by atoms with van der Waals surface area (Å²) in [4.78, 5) is 0. The van der Waals surface area contributed by atoms with Gasteiger partial charge >= 0.3 is 0 Å². The van der Waals surface area contributed by atoms with Gasteiger partial charge in [0, 0.05) is 5.54 Å². The van der Waals surface area contributed by atoms with Crippen molar-refractivity contribution < 1.29 is 0 Å². The van der Waals surface area contributed by atoms with Gasteiger partial charge in [-0.3, -0.25) is 0 Å². The van der Waals surface area contributed by atoms with Crippen molar-refractivity contribution in [1.82, 2.24) is 5.32 Å². The quantitative estimate of drug-likeness (QED) is 0.650. The second-order valence-corrected chi connectivity index (χ2v) is 3.15. The Morgan fingerprint density at radius 2 is 1.73 bits per heavy atom.